The molecule has 2 atom stereocenters. The number of carbonyl (C=O) groups is 1. The van der Waals surface area contributed by atoms with Crippen LogP contribution in [0, 0.1) is 18.3 Å². The maximum absolute atomic E-state index is 13.2. The van der Waals surface area contributed by atoms with Crippen LogP contribution in [0.15, 0.2) is 83.9 Å². The van der Waals surface area contributed by atoms with Gasteiger partial charge in [0.1, 0.15) is 12.2 Å². The van der Waals surface area contributed by atoms with Crippen molar-refractivity contribution in [2.75, 3.05) is 5.32 Å². The molecule has 2 N–H and O–H groups in total. The molecule has 0 fully saturated rings. The fraction of sp³-hybridized carbons (Fsp3) is 0.125. The molecule has 4 rings (SSSR count). The van der Waals surface area contributed by atoms with Crippen molar-refractivity contribution in [3.63, 3.8) is 0 Å². The van der Waals surface area contributed by atoms with E-state index in [1.54, 1.807) is 24.3 Å². The molecule has 3 aromatic carbocycles. The molecule has 1 heterocycles. The molecule has 0 bridgehead atoms. The zero-order chi connectivity index (χ0) is 20.2. The summed E-state index contributed by atoms with van der Waals surface area (Å²) in [5.41, 5.74) is 4.30. The Bertz CT molecular complexity index is 1080. The number of Topliss-reactive ketones (excluding diaryl/α,β-unsaturated/α-hetero) is 1. The molecule has 29 heavy (non-hydrogen) atoms. The fourth-order valence-electron chi connectivity index (χ4n) is 3.27. The highest BCUT2D eigenvalue weighted by Gasteiger charge is 2.33. The SMILES string of the molecule is Cc1ccc(C2NC(c3ccccc3)N=C(Nc3ccc(C#N)cc3)C2=O)cc1. The lowest BCUT2D eigenvalue weighted by Crippen LogP contribution is -2.43. The van der Waals surface area contributed by atoms with Crippen molar-refractivity contribution in [3.8, 4) is 6.07 Å². The highest BCUT2D eigenvalue weighted by molar-refractivity contribution is 6.45. The normalized spacial score (nSPS) is 18.6. The van der Waals surface area contributed by atoms with Gasteiger partial charge in [0, 0.05) is 5.69 Å². The average molecular weight is 380 g/mol. The standard InChI is InChI=1S/C24H20N4O/c1-16-7-11-18(12-8-16)21-22(29)24(26-20-13-9-17(15-25)10-14-20)28-23(27-21)19-5-3-2-4-6-19/h2-14,21,23,27H,1H3,(H,26,28). The quantitative estimate of drug-likeness (QED) is 0.711. The summed E-state index contributed by atoms with van der Waals surface area (Å²) in [5, 5.41) is 15.5. The fourth-order valence-corrected chi connectivity index (χ4v) is 3.27. The number of carbonyl (C=O) groups excluding carboxylic acids is 1. The molecule has 5 nitrogen and oxygen atoms in total. The Labute approximate surface area is 169 Å². The summed E-state index contributed by atoms with van der Waals surface area (Å²) in [6.45, 7) is 2.02. The third-order valence-corrected chi connectivity index (χ3v) is 4.88. The van der Waals surface area contributed by atoms with Gasteiger partial charge in [-0.15, -0.1) is 0 Å². The number of benzene rings is 3. The number of amidine groups is 1. The third kappa shape index (κ3) is 4.08. The van der Waals surface area contributed by atoms with E-state index in [1.165, 1.54) is 0 Å². The molecule has 3 aromatic rings. The van der Waals surface area contributed by atoms with Crippen LogP contribution in [0.2, 0.25) is 0 Å². The van der Waals surface area contributed by atoms with E-state index in [1.807, 2.05) is 61.5 Å². The van der Waals surface area contributed by atoms with Gasteiger partial charge in [-0.1, -0.05) is 60.2 Å². The van der Waals surface area contributed by atoms with Crippen LogP contribution in [0.25, 0.3) is 0 Å². The smallest absolute Gasteiger partial charge is 0.219 e. The van der Waals surface area contributed by atoms with Gasteiger partial charge < -0.3 is 5.32 Å². The van der Waals surface area contributed by atoms with Crippen LogP contribution in [0.3, 0.4) is 0 Å². The van der Waals surface area contributed by atoms with E-state index in [-0.39, 0.29) is 11.9 Å². The highest BCUT2D eigenvalue weighted by Crippen LogP contribution is 2.27. The molecule has 0 amide bonds. The zero-order valence-electron chi connectivity index (χ0n) is 16.0. The Morgan fingerprint density at radius 3 is 2.28 bits per heavy atom. The first kappa shape index (κ1) is 18.6. The van der Waals surface area contributed by atoms with Gasteiger partial charge in [-0.2, -0.15) is 5.26 Å². The van der Waals surface area contributed by atoms with Crippen molar-refractivity contribution < 1.29 is 4.79 Å². The third-order valence-electron chi connectivity index (χ3n) is 4.88. The number of rotatable bonds is 3. The van der Waals surface area contributed by atoms with Crippen LogP contribution < -0.4 is 10.6 Å². The van der Waals surface area contributed by atoms with E-state index in [9.17, 15) is 4.79 Å². The first-order valence-corrected chi connectivity index (χ1v) is 9.41. The Hall–Kier alpha value is -3.75. The number of ketones is 1. The minimum Gasteiger partial charge on any atom is -0.337 e. The van der Waals surface area contributed by atoms with Gasteiger partial charge in [0.15, 0.2) is 5.84 Å². The van der Waals surface area contributed by atoms with E-state index in [0.29, 0.717) is 17.1 Å². The predicted octanol–water partition coefficient (Wildman–Crippen LogP) is 4.29. The summed E-state index contributed by atoms with van der Waals surface area (Å²) < 4.78 is 0. The van der Waals surface area contributed by atoms with Crippen molar-refractivity contribution in [2.24, 2.45) is 4.99 Å². The molecular formula is C24H20N4O. The van der Waals surface area contributed by atoms with Crippen LogP contribution in [-0.4, -0.2) is 11.6 Å². The molecule has 0 aliphatic carbocycles. The van der Waals surface area contributed by atoms with Gasteiger partial charge in [-0.3, -0.25) is 10.1 Å². The van der Waals surface area contributed by atoms with E-state index >= 15 is 0 Å². The van der Waals surface area contributed by atoms with Crippen LogP contribution in [0.1, 0.15) is 34.5 Å². The first-order valence-electron chi connectivity index (χ1n) is 9.41. The number of nitrogens with zero attached hydrogens (tertiary/aromatic N) is 2. The minimum absolute atomic E-state index is 0.120. The zero-order valence-corrected chi connectivity index (χ0v) is 16.0. The number of aliphatic imine (C=N–C) groups is 1. The maximum Gasteiger partial charge on any atom is 0.219 e. The molecule has 0 spiro atoms. The summed E-state index contributed by atoms with van der Waals surface area (Å²) in [6.07, 6.45) is -0.346. The number of nitriles is 1. The number of hydrogen-bond acceptors (Lipinski definition) is 5. The average Bonchev–Trinajstić information content (AvgIpc) is 2.77. The summed E-state index contributed by atoms with van der Waals surface area (Å²) in [6, 6.07) is 26.3. The highest BCUT2D eigenvalue weighted by atomic mass is 16.1. The van der Waals surface area contributed by atoms with Crippen molar-refractivity contribution in [2.45, 2.75) is 19.1 Å². The molecule has 0 saturated heterocycles. The molecule has 2 unspecified atom stereocenters. The molecule has 0 aromatic heterocycles. The number of anilines is 1. The molecule has 0 radical (unpaired) electrons. The topological polar surface area (TPSA) is 77.3 Å². The summed E-state index contributed by atoms with van der Waals surface area (Å²) in [7, 11) is 0. The molecule has 1 aliphatic rings. The summed E-state index contributed by atoms with van der Waals surface area (Å²) in [5.74, 6) is 0.179. The first-order chi connectivity index (χ1) is 14.1. The lowest BCUT2D eigenvalue weighted by molar-refractivity contribution is -0.115. The van der Waals surface area contributed by atoms with Crippen molar-refractivity contribution in [1.82, 2.24) is 5.32 Å². The molecule has 142 valence electrons. The Balaban J connectivity index is 1.69. The Morgan fingerprint density at radius 2 is 1.62 bits per heavy atom. The Morgan fingerprint density at radius 1 is 0.931 bits per heavy atom. The van der Waals surface area contributed by atoms with Gasteiger partial charge >= 0.3 is 0 Å². The van der Waals surface area contributed by atoms with E-state index in [2.05, 4.69) is 21.7 Å². The van der Waals surface area contributed by atoms with Gasteiger partial charge in [0.25, 0.3) is 0 Å². The number of nitrogens with one attached hydrogen (secondary N) is 2. The molecule has 5 heteroatoms. The lowest BCUT2D eigenvalue weighted by Gasteiger charge is -2.29. The predicted molar refractivity (Wildman–Crippen MR) is 113 cm³/mol. The molecule has 1 aliphatic heterocycles. The van der Waals surface area contributed by atoms with Gasteiger partial charge in [0.2, 0.25) is 5.78 Å². The lowest BCUT2D eigenvalue weighted by atomic mass is 9.97. The largest absolute Gasteiger partial charge is 0.337 e. The maximum atomic E-state index is 13.2. The van der Waals surface area contributed by atoms with Gasteiger partial charge in [0.05, 0.1) is 11.6 Å². The monoisotopic (exact) mass is 380 g/mol. The van der Waals surface area contributed by atoms with Gasteiger partial charge in [-0.25, -0.2) is 4.99 Å². The van der Waals surface area contributed by atoms with Crippen LogP contribution >= 0.6 is 0 Å². The minimum atomic E-state index is -0.501. The summed E-state index contributed by atoms with van der Waals surface area (Å²) >= 11 is 0. The van der Waals surface area contributed by atoms with Crippen LogP contribution in [-0.2, 0) is 4.79 Å². The second-order valence-electron chi connectivity index (χ2n) is 6.98. The van der Waals surface area contributed by atoms with Crippen LogP contribution in [0.5, 0.6) is 0 Å². The second-order valence-corrected chi connectivity index (χ2v) is 6.98. The number of aryl methyl sites for hydroxylation is 1. The van der Waals surface area contributed by atoms with E-state index < -0.39 is 6.04 Å². The van der Waals surface area contributed by atoms with E-state index in [4.69, 9.17) is 5.26 Å². The molecular weight excluding hydrogens is 360 g/mol. The van der Waals surface area contributed by atoms with Gasteiger partial charge in [-0.05, 0) is 42.3 Å². The van der Waals surface area contributed by atoms with E-state index in [0.717, 1.165) is 16.7 Å². The number of hydrogen-bond donors (Lipinski definition) is 2. The van der Waals surface area contributed by atoms with Crippen molar-refractivity contribution >= 4 is 17.3 Å². The second kappa shape index (κ2) is 8.09. The Kier molecular flexibility index (Phi) is 5.19. The van der Waals surface area contributed by atoms with Crippen LogP contribution in [0.4, 0.5) is 5.69 Å². The van der Waals surface area contributed by atoms with Crippen molar-refractivity contribution in [1.29, 1.82) is 5.26 Å². The molecule has 0 saturated carbocycles. The summed E-state index contributed by atoms with van der Waals surface area (Å²) in [4.78, 5) is 17.9. The van der Waals surface area contributed by atoms with Crippen molar-refractivity contribution in [3.05, 3.63) is 101 Å².